The summed E-state index contributed by atoms with van der Waals surface area (Å²) in [5.41, 5.74) is 5.52. The number of Topliss-reactive ketones (excluding diaryl/α,β-unsaturated/α-hetero) is 1. The molecule has 0 atom stereocenters. The smallest absolute Gasteiger partial charge is 0.197 e. The molecule has 1 heterocycles. The Labute approximate surface area is 133 Å². The third kappa shape index (κ3) is 2.06. The normalized spacial score (nSPS) is 11.6. The van der Waals surface area contributed by atoms with Crippen molar-refractivity contribution >= 4 is 5.78 Å². The van der Waals surface area contributed by atoms with Gasteiger partial charge in [-0.25, -0.2) is 4.68 Å². The summed E-state index contributed by atoms with van der Waals surface area (Å²) in [6.45, 7) is 0. The summed E-state index contributed by atoms with van der Waals surface area (Å²) in [6.07, 6.45) is 0.541. The molecule has 0 N–H and O–H groups in total. The van der Waals surface area contributed by atoms with Gasteiger partial charge in [0.2, 0.25) is 0 Å². The van der Waals surface area contributed by atoms with Crippen LogP contribution in [0.4, 0.5) is 0 Å². The molecule has 1 aliphatic rings. The first-order valence-corrected chi connectivity index (χ1v) is 7.45. The van der Waals surface area contributed by atoms with Crippen LogP contribution in [0.1, 0.15) is 28.0 Å². The molecule has 110 valence electrons. The highest BCUT2D eigenvalue weighted by molar-refractivity contribution is 5.99. The molecule has 0 saturated heterocycles. The number of benzene rings is 2. The highest BCUT2D eigenvalue weighted by atomic mass is 16.1. The van der Waals surface area contributed by atoms with Gasteiger partial charge in [0.15, 0.2) is 5.78 Å². The van der Waals surface area contributed by atoms with Crippen molar-refractivity contribution in [3.8, 4) is 23.0 Å². The molecule has 2 aromatic carbocycles. The molecule has 1 aliphatic carbocycles. The maximum absolute atomic E-state index is 12.3. The van der Waals surface area contributed by atoms with Gasteiger partial charge in [-0.3, -0.25) is 4.79 Å². The van der Waals surface area contributed by atoms with Crippen LogP contribution in [0, 0.1) is 11.3 Å². The van der Waals surface area contributed by atoms with Gasteiger partial charge >= 0.3 is 0 Å². The van der Waals surface area contributed by atoms with E-state index in [0.29, 0.717) is 12.1 Å². The molecule has 0 spiro atoms. The molecule has 0 bridgehead atoms. The van der Waals surface area contributed by atoms with E-state index in [2.05, 4.69) is 17.2 Å². The van der Waals surface area contributed by atoms with E-state index < -0.39 is 0 Å². The third-order valence-electron chi connectivity index (χ3n) is 4.13. The summed E-state index contributed by atoms with van der Waals surface area (Å²) in [5.74, 6) is -0.216. The lowest BCUT2D eigenvalue weighted by Crippen LogP contribution is -2.04. The first kappa shape index (κ1) is 13.5. The predicted molar refractivity (Wildman–Crippen MR) is 86.4 cm³/mol. The summed E-state index contributed by atoms with van der Waals surface area (Å²) < 4.78 is 1.83. The SMILES string of the molecule is N#CCC(=O)c1nn(-c2ccccc2)c2c1Cc1ccccc1-2. The van der Waals surface area contributed by atoms with Gasteiger partial charge in [0.05, 0.1) is 17.5 Å². The molecule has 4 rings (SSSR count). The molecule has 4 nitrogen and oxygen atoms in total. The second-order valence-electron chi connectivity index (χ2n) is 5.52. The molecule has 0 amide bonds. The number of nitrogens with zero attached hydrogens (tertiary/aromatic N) is 3. The molecule has 0 unspecified atom stereocenters. The Morgan fingerprint density at radius 1 is 1.13 bits per heavy atom. The third-order valence-corrected chi connectivity index (χ3v) is 4.13. The molecule has 4 heteroatoms. The number of carbonyl (C=O) groups excluding carboxylic acids is 1. The van der Waals surface area contributed by atoms with Gasteiger partial charge in [0.25, 0.3) is 0 Å². The molecule has 0 aliphatic heterocycles. The molecule has 0 radical (unpaired) electrons. The van der Waals surface area contributed by atoms with Crippen molar-refractivity contribution in [2.24, 2.45) is 0 Å². The van der Waals surface area contributed by atoms with Crippen LogP contribution < -0.4 is 0 Å². The van der Waals surface area contributed by atoms with Gasteiger partial charge in [-0.15, -0.1) is 0 Å². The van der Waals surface area contributed by atoms with Crippen molar-refractivity contribution in [3.05, 3.63) is 71.4 Å². The van der Waals surface area contributed by atoms with E-state index in [1.807, 2.05) is 53.2 Å². The van der Waals surface area contributed by atoms with E-state index in [1.54, 1.807) is 0 Å². The minimum absolute atomic E-state index is 0.144. The van der Waals surface area contributed by atoms with E-state index in [9.17, 15) is 4.79 Å². The quantitative estimate of drug-likeness (QED) is 0.544. The molecule has 0 saturated carbocycles. The van der Waals surface area contributed by atoms with E-state index in [4.69, 9.17) is 5.26 Å². The summed E-state index contributed by atoms with van der Waals surface area (Å²) in [6, 6.07) is 19.8. The van der Waals surface area contributed by atoms with Crippen LogP contribution >= 0.6 is 0 Å². The predicted octanol–water partition coefficient (Wildman–Crippen LogP) is 3.54. The van der Waals surface area contributed by atoms with Crippen molar-refractivity contribution in [3.63, 3.8) is 0 Å². The largest absolute Gasteiger partial charge is 0.291 e. The van der Waals surface area contributed by atoms with Crippen molar-refractivity contribution in [1.82, 2.24) is 9.78 Å². The van der Waals surface area contributed by atoms with Crippen LogP contribution in [-0.2, 0) is 6.42 Å². The Morgan fingerprint density at radius 2 is 1.87 bits per heavy atom. The Morgan fingerprint density at radius 3 is 2.65 bits per heavy atom. The topological polar surface area (TPSA) is 58.7 Å². The lowest BCUT2D eigenvalue weighted by atomic mass is 10.1. The van der Waals surface area contributed by atoms with Gasteiger partial charge in [-0.05, 0) is 17.7 Å². The van der Waals surface area contributed by atoms with E-state index >= 15 is 0 Å². The van der Waals surface area contributed by atoms with Crippen LogP contribution in [0.15, 0.2) is 54.6 Å². The van der Waals surface area contributed by atoms with Crippen molar-refractivity contribution in [1.29, 1.82) is 5.26 Å². The average molecular weight is 299 g/mol. The summed E-state index contributed by atoms with van der Waals surface area (Å²) in [7, 11) is 0. The fourth-order valence-electron chi connectivity index (χ4n) is 3.13. The van der Waals surface area contributed by atoms with Gasteiger partial charge < -0.3 is 0 Å². The number of carbonyl (C=O) groups is 1. The van der Waals surface area contributed by atoms with Crippen LogP contribution in [0.2, 0.25) is 0 Å². The van der Waals surface area contributed by atoms with E-state index in [1.165, 1.54) is 5.56 Å². The second-order valence-corrected chi connectivity index (χ2v) is 5.52. The van der Waals surface area contributed by atoms with Crippen molar-refractivity contribution < 1.29 is 4.79 Å². The summed E-state index contributed by atoms with van der Waals surface area (Å²) in [4.78, 5) is 12.3. The van der Waals surface area contributed by atoms with E-state index in [-0.39, 0.29) is 12.2 Å². The number of fused-ring (bicyclic) bond motifs is 3. The van der Waals surface area contributed by atoms with E-state index in [0.717, 1.165) is 22.5 Å². The van der Waals surface area contributed by atoms with Crippen LogP contribution in [-0.4, -0.2) is 15.6 Å². The average Bonchev–Trinajstić information content (AvgIpc) is 3.13. The minimum Gasteiger partial charge on any atom is -0.291 e. The maximum atomic E-state index is 12.3. The first-order chi connectivity index (χ1) is 11.3. The highest BCUT2D eigenvalue weighted by Crippen LogP contribution is 2.39. The first-order valence-electron chi connectivity index (χ1n) is 7.45. The van der Waals surface area contributed by atoms with Crippen LogP contribution in [0.25, 0.3) is 16.9 Å². The molecule has 23 heavy (non-hydrogen) atoms. The zero-order valence-electron chi connectivity index (χ0n) is 12.4. The number of aromatic nitrogens is 2. The zero-order valence-corrected chi connectivity index (χ0v) is 12.4. The molecular weight excluding hydrogens is 286 g/mol. The summed E-state index contributed by atoms with van der Waals surface area (Å²) >= 11 is 0. The zero-order chi connectivity index (χ0) is 15.8. The van der Waals surface area contributed by atoms with Crippen LogP contribution in [0.5, 0.6) is 0 Å². The van der Waals surface area contributed by atoms with Crippen molar-refractivity contribution in [2.45, 2.75) is 12.8 Å². The molecule has 1 aromatic heterocycles. The molecular formula is C19H13N3O. The Hall–Kier alpha value is -3.19. The maximum Gasteiger partial charge on any atom is 0.197 e. The fraction of sp³-hybridized carbons (Fsp3) is 0.105. The monoisotopic (exact) mass is 299 g/mol. The number of rotatable bonds is 3. The number of ketones is 1. The lowest BCUT2D eigenvalue weighted by Gasteiger charge is -2.07. The Kier molecular flexibility index (Phi) is 3.06. The summed E-state index contributed by atoms with van der Waals surface area (Å²) in [5, 5.41) is 13.4. The van der Waals surface area contributed by atoms with Gasteiger partial charge in [-0.2, -0.15) is 10.4 Å². The fourth-order valence-corrected chi connectivity index (χ4v) is 3.13. The second kappa shape index (κ2) is 5.22. The van der Waals surface area contributed by atoms with Gasteiger partial charge in [0.1, 0.15) is 12.1 Å². The highest BCUT2D eigenvalue weighted by Gasteiger charge is 2.30. The van der Waals surface area contributed by atoms with Crippen molar-refractivity contribution in [2.75, 3.05) is 0 Å². The number of para-hydroxylation sites is 1. The number of nitriles is 1. The minimum atomic E-state index is -0.216. The standard InChI is InChI=1S/C19H13N3O/c20-11-10-17(23)18-16-12-13-6-4-5-9-15(13)19(16)22(21-18)14-7-2-1-3-8-14/h1-9H,10,12H2. The van der Waals surface area contributed by atoms with Gasteiger partial charge in [-0.1, -0.05) is 42.5 Å². The molecule has 3 aromatic rings. The van der Waals surface area contributed by atoms with Crippen LogP contribution in [0.3, 0.4) is 0 Å². The Balaban J connectivity index is 1.97. The number of hydrogen-bond donors (Lipinski definition) is 0. The lowest BCUT2D eigenvalue weighted by molar-refractivity contribution is 0.0992. The number of hydrogen-bond acceptors (Lipinski definition) is 3. The molecule has 0 fully saturated rings. The Bertz CT molecular complexity index is 948. The van der Waals surface area contributed by atoms with Gasteiger partial charge in [0, 0.05) is 17.5 Å².